The van der Waals surface area contributed by atoms with Crippen molar-refractivity contribution in [1.29, 1.82) is 0 Å². The van der Waals surface area contributed by atoms with Crippen LogP contribution in [0.2, 0.25) is 0 Å². The summed E-state index contributed by atoms with van der Waals surface area (Å²) in [6, 6.07) is 3.37. The molecule has 2 fully saturated rings. The number of aryl methyl sites for hydroxylation is 1. The highest BCUT2D eigenvalue weighted by Crippen LogP contribution is 2.41. The normalized spacial score (nSPS) is 25.2. The number of benzene rings is 1. The van der Waals surface area contributed by atoms with Gasteiger partial charge < -0.3 is 9.47 Å². The zero-order chi connectivity index (χ0) is 23.3. The van der Waals surface area contributed by atoms with Crippen molar-refractivity contribution in [2.75, 3.05) is 13.7 Å². The topological polar surface area (TPSA) is 65.7 Å². The van der Waals surface area contributed by atoms with Gasteiger partial charge in [-0.1, -0.05) is 0 Å². The second kappa shape index (κ2) is 8.57. The Morgan fingerprint density at radius 2 is 1.94 bits per heavy atom. The largest absolute Gasteiger partial charge is 0.381 e. The van der Waals surface area contributed by atoms with Crippen LogP contribution >= 0.6 is 0 Å². The monoisotopic (exact) mass is 455 g/mol. The molecule has 0 N–H and O–H groups in total. The van der Waals surface area contributed by atoms with Crippen LogP contribution in [0.5, 0.6) is 0 Å². The van der Waals surface area contributed by atoms with Gasteiger partial charge >= 0.3 is 0 Å². The van der Waals surface area contributed by atoms with Crippen LogP contribution in [0, 0.1) is 31.4 Å². The number of rotatable bonds is 4. The fraction of sp³-hybridized carbons (Fsp3) is 0.480. The summed E-state index contributed by atoms with van der Waals surface area (Å²) < 4.78 is 41.3. The van der Waals surface area contributed by atoms with Crippen molar-refractivity contribution in [2.24, 2.45) is 5.92 Å². The molecule has 174 valence electrons. The van der Waals surface area contributed by atoms with Gasteiger partial charge in [0.25, 0.3) is 5.56 Å². The molecule has 8 heteroatoms. The van der Waals surface area contributed by atoms with Crippen LogP contribution in [-0.4, -0.2) is 40.3 Å². The molecule has 0 radical (unpaired) electrons. The van der Waals surface area contributed by atoms with Crippen LogP contribution in [-0.2, 0) is 9.47 Å². The van der Waals surface area contributed by atoms with E-state index in [-0.39, 0.29) is 34.5 Å². The molecule has 6 nitrogen and oxygen atoms in total. The predicted molar refractivity (Wildman–Crippen MR) is 119 cm³/mol. The summed E-state index contributed by atoms with van der Waals surface area (Å²) in [6.07, 6.45) is 5.62. The highest BCUT2D eigenvalue weighted by molar-refractivity contribution is 5.74. The van der Waals surface area contributed by atoms with Crippen molar-refractivity contribution in [3.63, 3.8) is 0 Å². The standard InChI is InChI=1S/C25H27F2N3O3/c1-13-14(2)28-24-23(19-5-4-17(26)11-20(19)27)29-21(12-30(24)25(13)31)15-6-7-33-22(10-15)16-8-18(9-16)32-3/h4-5,11-12,15-16,18,22H,6-10H2,1-3H3. The third-order valence-corrected chi connectivity index (χ3v) is 7.21. The van der Waals surface area contributed by atoms with Crippen LogP contribution in [0.4, 0.5) is 8.78 Å². The minimum absolute atomic E-state index is 0.0607. The Morgan fingerprint density at radius 1 is 1.15 bits per heavy atom. The van der Waals surface area contributed by atoms with Gasteiger partial charge in [-0.05, 0) is 57.6 Å². The van der Waals surface area contributed by atoms with Gasteiger partial charge in [-0.25, -0.2) is 18.7 Å². The number of aromatic nitrogens is 3. The van der Waals surface area contributed by atoms with Crippen LogP contribution in [0.1, 0.15) is 48.6 Å². The van der Waals surface area contributed by atoms with E-state index >= 15 is 0 Å². The Morgan fingerprint density at radius 3 is 2.67 bits per heavy atom. The molecular weight excluding hydrogens is 428 g/mol. The Labute approximate surface area is 190 Å². The number of hydrogen-bond acceptors (Lipinski definition) is 5. The Hall–Kier alpha value is -2.71. The summed E-state index contributed by atoms with van der Waals surface area (Å²) in [5.41, 5.74) is 2.21. The van der Waals surface area contributed by atoms with Gasteiger partial charge in [-0.15, -0.1) is 0 Å². The van der Waals surface area contributed by atoms with Crippen molar-refractivity contribution < 1.29 is 18.3 Å². The molecule has 2 aliphatic rings. The smallest absolute Gasteiger partial charge is 0.261 e. The lowest BCUT2D eigenvalue weighted by Gasteiger charge is -2.42. The number of hydrogen-bond donors (Lipinski definition) is 0. The zero-order valence-corrected chi connectivity index (χ0v) is 19.0. The van der Waals surface area contributed by atoms with E-state index < -0.39 is 11.6 Å². The lowest BCUT2D eigenvalue weighted by molar-refractivity contribution is -0.0972. The maximum atomic E-state index is 14.8. The minimum atomic E-state index is -0.737. The molecule has 33 heavy (non-hydrogen) atoms. The summed E-state index contributed by atoms with van der Waals surface area (Å²) in [4.78, 5) is 22.5. The molecule has 1 aliphatic heterocycles. The van der Waals surface area contributed by atoms with E-state index in [0.717, 1.165) is 31.7 Å². The van der Waals surface area contributed by atoms with Crippen LogP contribution < -0.4 is 5.56 Å². The highest BCUT2D eigenvalue weighted by atomic mass is 19.1. The van der Waals surface area contributed by atoms with Crippen LogP contribution in [0.15, 0.2) is 29.2 Å². The predicted octanol–water partition coefficient (Wildman–Crippen LogP) is 4.34. The maximum Gasteiger partial charge on any atom is 0.261 e. The van der Waals surface area contributed by atoms with E-state index in [2.05, 4.69) is 4.98 Å². The molecule has 2 atom stereocenters. The van der Waals surface area contributed by atoms with E-state index in [9.17, 15) is 13.6 Å². The molecule has 1 aromatic carbocycles. The SMILES string of the molecule is COC1CC(C2CC(c3cn4c(=O)c(C)c(C)nc4c(-c4ccc(F)cc4F)n3)CCO2)C1. The highest BCUT2D eigenvalue weighted by Gasteiger charge is 2.39. The number of methoxy groups -OCH3 is 1. The third kappa shape index (κ3) is 3.95. The molecule has 5 rings (SSSR count). The second-order valence-corrected chi connectivity index (χ2v) is 9.18. The average Bonchev–Trinajstić information content (AvgIpc) is 2.77. The van der Waals surface area contributed by atoms with Gasteiger partial charge in [0.1, 0.15) is 17.3 Å². The van der Waals surface area contributed by atoms with Gasteiger partial charge in [0.2, 0.25) is 0 Å². The molecule has 1 aliphatic carbocycles. The summed E-state index contributed by atoms with van der Waals surface area (Å²) in [5.74, 6) is -0.901. The van der Waals surface area contributed by atoms with Gasteiger partial charge in [-0.2, -0.15) is 0 Å². The molecule has 1 saturated carbocycles. The van der Waals surface area contributed by atoms with E-state index in [1.807, 2.05) is 0 Å². The molecular formula is C25H27F2N3O3. The summed E-state index contributed by atoms with van der Waals surface area (Å²) in [7, 11) is 1.73. The Balaban J connectivity index is 1.60. The van der Waals surface area contributed by atoms with Crippen LogP contribution in [0.3, 0.4) is 0 Å². The summed E-state index contributed by atoms with van der Waals surface area (Å²) >= 11 is 0. The van der Waals surface area contributed by atoms with Crippen LogP contribution in [0.25, 0.3) is 16.9 Å². The average molecular weight is 456 g/mol. The third-order valence-electron chi connectivity index (χ3n) is 7.21. The van der Waals surface area contributed by atoms with Crippen molar-refractivity contribution in [2.45, 2.75) is 57.7 Å². The first kappa shape index (κ1) is 22.1. The fourth-order valence-electron chi connectivity index (χ4n) is 4.94. The Bertz CT molecular complexity index is 1270. The first-order valence-electron chi connectivity index (χ1n) is 11.4. The van der Waals surface area contributed by atoms with Gasteiger partial charge in [0, 0.05) is 48.7 Å². The van der Waals surface area contributed by atoms with E-state index in [1.54, 1.807) is 27.2 Å². The second-order valence-electron chi connectivity index (χ2n) is 9.18. The maximum absolute atomic E-state index is 14.8. The minimum Gasteiger partial charge on any atom is -0.381 e. The van der Waals surface area contributed by atoms with E-state index in [1.165, 1.54) is 16.5 Å². The van der Waals surface area contributed by atoms with Crippen molar-refractivity contribution >= 4 is 5.65 Å². The lowest BCUT2D eigenvalue weighted by Crippen LogP contribution is -2.42. The van der Waals surface area contributed by atoms with Gasteiger partial charge in [0.05, 0.1) is 17.9 Å². The molecule has 1 saturated heterocycles. The number of halogens is 2. The van der Waals surface area contributed by atoms with Gasteiger partial charge in [0.15, 0.2) is 5.65 Å². The number of nitrogens with zero attached hydrogens (tertiary/aromatic N) is 3. The Kier molecular flexibility index (Phi) is 5.74. The van der Waals surface area contributed by atoms with Crippen molar-refractivity contribution in [1.82, 2.24) is 14.4 Å². The molecule has 2 aromatic heterocycles. The number of fused-ring (bicyclic) bond motifs is 1. The number of ether oxygens (including phenoxy) is 2. The molecule has 3 aromatic rings. The molecule has 0 spiro atoms. The van der Waals surface area contributed by atoms with Crippen molar-refractivity contribution in [3.8, 4) is 11.3 Å². The molecule has 0 amide bonds. The molecule has 3 heterocycles. The first-order valence-corrected chi connectivity index (χ1v) is 11.4. The van der Waals surface area contributed by atoms with Gasteiger partial charge in [-0.3, -0.25) is 9.20 Å². The van der Waals surface area contributed by atoms with Crippen molar-refractivity contribution in [3.05, 3.63) is 63.3 Å². The summed E-state index contributed by atoms with van der Waals surface area (Å²) in [5, 5.41) is 0. The summed E-state index contributed by atoms with van der Waals surface area (Å²) in [6.45, 7) is 4.07. The fourth-order valence-corrected chi connectivity index (χ4v) is 4.94. The quantitative estimate of drug-likeness (QED) is 0.586. The first-order chi connectivity index (χ1) is 15.9. The molecule has 0 bridgehead atoms. The zero-order valence-electron chi connectivity index (χ0n) is 19.0. The molecule has 2 unspecified atom stereocenters. The lowest BCUT2D eigenvalue weighted by atomic mass is 9.74. The van der Waals surface area contributed by atoms with E-state index in [0.29, 0.717) is 35.6 Å². The van der Waals surface area contributed by atoms with E-state index in [4.69, 9.17) is 14.5 Å².